The summed E-state index contributed by atoms with van der Waals surface area (Å²) in [5.74, 6) is -1.20. The Morgan fingerprint density at radius 2 is 1.91 bits per heavy atom. The van der Waals surface area contributed by atoms with Gasteiger partial charge in [-0.2, -0.15) is 0 Å². The number of imidazole rings is 1. The lowest BCUT2D eigenvalue weighted by Gasteiger charge is -2.16. The summed E-state index contributed by atoms with van der Waals surface area (Å²) < 4.78 is 3.51. The summed E-state index contributed by atoms with van der Waals surface area (Å²) in [6, 6.07) is 0. The lowest BCUT2D eigenvalue weighted by molar-refractivity contribution is -0.139. The first kappa shape index (κ1) is 16.9. The molecule has 2 rings (SSSR count). The first-order valence-electron chi connectivity index (χ1n) is 6.91. The number of aliphatic hydroxyl groups excluding tert-OH is 2. The van der Waals surface area contributed by atoms with E-state index in [0.29, 0.717) is 0 Å². The summed E-state index contributed by atoms with van der Waals surface area (Å²) in [6.45, 7) is -0.344. The van der Waals surface area contributed by atoms with Crippen molar-refractivity contribution < 1.29 is 20.1 Å². The molecule has 3 N–H and O–H groups in total. The predicted molar refractivity (Wildman–Crippen MR) is 79.1 cm³/mol. The second-order valence-corrected chi connectivity index (χ2v) is 5.43. The molecule has 0 saturated heterocycles. The van der Waals surface area contributed by atoms with Crippen molar-refractivity contribution in [3.63, 3.8) is 0 Å². The van der Waals surface area contributed by atoms with Crippen molar-refractivity contribution >= 4 is 17.1 Å². The number of aliphatic carboxylic acids is 1. The van der Waals surface area contributed by atoms with Gasteiger partial charge in [-0.15, -0.1) is 0 Å². The summed E-state index contributed by atoms with van der Waals surface area (Å²) in [5, 5.41) is 28.0. The molecule has 2 atom stereocenters. The number of rotatable bonds is 6. The fourth-order valence-corrected chi connectivity index (χ4v) is 2.44. The Hall–Kier alpha value is -2.46. The second-order valence-electron chi connectivity index (χ2n) is 5.43. The molecule has 0 unspecified atom stereocenters. The highest BCUT2D eigenvalue weighted by molar-refractivity contribution is 5.69. The van der Waals surface area contributed by atoms with Crippen LogP contribution in [0.4, 0.5) is 0 Å². The van der Waals surface area contributed by atoms with Crippen LogP contribution < -0.4 is 11.2 Å². The number of fused-ring (bicyclic) bond motifs is 1. The second kappa shape index (κ2) is 6.34. The van der Waals surface area contributed by atoms with Crippen LogP contribution in [0.25, 0.3) is 11.2 Å². The summed E-state index contributed by atoms with van der Waals surface area (Å²) >= 11 is 0. The maximum atomic E-state index is 12.4. The van der Waals surface area contributed by atoms with E-state index in [-0.39, 0.29) is 24.1 Å². The molecule has 0 fully saturated rings. The number of aliphatic hydroxyl groups is 2. The number of carboxylic acid groups (broad SMARTS) is 1. The molecular weight excluding hydrogens is 308 g/mol. The molecule has 0 saturated carbocycles. The van der Waals surface area contributed by atoms with Gasteiger partial charge in [-0.3, -0.25) is 18.7 Å². The van der Waals surface area contributed by atoms with E-state index in [1.807, 2.05) is 0 Å². The average molecular weight is 326 g/mol. The van der Waals surface area contributed by atoms with Crippen LogP contribution in [0, 0.1) is 0 Å². The average Bonchev–Trinajstić information content (AvgIpc) is 2.82. The Morgan fingerprint density at radius 3 is 2.52 bits per heavy atom. The summed E-state index contributed by atoms with van der Waals surface area (Å²) in [5.41, 5.74) is -0.799. The molecule has 0 aliphatic heterocycles. The van der Waals surface area contributed by atoms with Crippen LogP contribution in [-0.2, 0) is 25.4 Å². The Morgan fingerprint density at radius 1 is 1.26 bits per heavy atom. The van der Waals surface area contributed by atoms with Crippen LogP contribution in [0.5, 0.6) is 0 Å². The minimum Gasteiger partial charge on any atom is -0.481 e. The van der Waals surface area contributed by atoms with Crippen molar-refractivity contribution in [3.8, 4) is 0 Å². The third kappa shape index (κ3) is 3.32. The van der Waals surface area contributed by atoms with Gasteiger partial charge in [0.1, 0.15) is 0 Å². The fourth-order valence-electron chi connectivity index (χ4n) is 2.44. The molecule has 126 valence electrons. The van der Waals surface area contributed by atoms with Gasteiger partial charge in [-0.25, -0.2) is 9.78 Å². The van der Waals surface area contributed by atoms with Gasteiger partial charge in [0.15, 0.2) is 11.2 Å². The highest BCUT2D eigenvalue weighted by Crippen LogP contribution is 2.06. The molecule has 0 radical (unpaired) electrons. The van der Waals surface area contributed by atoms with Gasteiger partial charge in [0.2, 0.25) is 0 Å². The largest absolute Gasteiger partial charge is 0.481 e. The minimum absolute atomic E-state index is 0.213. The van der Waals surface area contributed by atoms with Crippen LogP contribution in [-0.4, -0.2) is 52.2 Å². The molecule has 0 spiro atoms. The summed E-state index contributed by atoms with van der Waals surface area (Å²) in [7, 11) is 3.07. The number of aromatic nitrogens is 4. The van der Waals surface area contributed by atoms with E-state index in [1.165, 1.54) is 22.5 Å². The fraction of sp³-hybridized carbons (Fsp3) is 0.538. The van der Waals surface area contributed by atoms with E-state index < -0.39 is 35.8 Å². The third-order valence-corrected chi connectivity index (χ3v) is 3.55. The van der Waals surface area contributed by atoms with Crippen molar-refractivity contribution in [2.75, 3.05) is 0 Å². The molecule has 0 aliphatic carbocycles. The maximum absolute atomic E-state index is 12.4. The molecule has 0 aliphatic rings. The molecule has 2 heterocycles. The van der Waals surface area contributed by atoms with E-state index in [4.69, 9.17) is 5.11 Å². The number of hydrogen-bond donors (Lipinski definition) is 3. The topological polar surface area (TPSA) is 140 Å². The standard InChI is InChI=1S/C13H18N4O6/c1-15-6-14-11-10(15)12(22)17(13(23)16(11)2)5-8(19)3-7(18)4-9(20)21/h6-8,18-19H,3-5H2,1-2H3,(H,20,21)/t7-,8+/m1/s1. The van der Waals surface area contributed by atoms with Gasteiger partial charge in [-0.05, 0) is 0 Å². The van der Waals surface area contributed by atoms with E-state index in [0.717, 1.165) is 4.57 Å². The highest BCUT2D eigenvalue weighted by atomic mass is 16.4. The first-order valence-corrected chi connectivity index (χ1v) is 6.91. The molecule has 10 heteroatoms. The normalized spacial score (nSPS) is 14.1. The number of aryl methyl sites for hydroxylation is 2. The SMILES string of the molecule is Cn1cnc2c1c(=O)n(C[C@@H](O)C[C@@H](O)CC(=O)O)c(=O)n2C. The highest BCUT2D eigenvalue weighted by Gasteiger charge is 2.20. The number of carbonyl (C=O) groups is 1. The molecule has 0 amide bonds. The van der Waals surface area contributed by atoms with Gasteiger partial charge >= 0.3 is 11.7 Å². The molecule has 0 bridgehead atoms. The van der Waals surface area contributed by atoms with Gasteiger partial charge in [0, 0.05) is 20.5 Å². The molecule has 2 aromatic rings. The zero-order valence-electron chi connectivity index (χ0n) is 12.7. The van der Waals surface area contributed by atoms with Crippen LogP contribution in [0.2, 0.25) is 0 Å². The van der Waals surface area contributed by atoms with Crippen LogP contribution >= 0.6 is 0 Å². The van der Waals surface area contributed by atoms with Crippen molar-refractivity contribution in [2.24, 2.45) is 14.1 Å². The quantitative estimate of drug-likeness (QED) is 0.559. The lowest BCUT2D eigenvalue weighted by atomic mass is 10.1. The van der Waals surface area contributed by atoms with E-state index >= 15 is 0 Å². The van der Waals surface area contributed by atoms with E-state index in [2.05, 4.69) is 4.98 Å². The smallest absolute Gasteiger partial charge is 0.332 e. The predicted octanol–water partition coefficient (Wildman–Crippen LogP) is -1.98. The van der Waals surface area contributed by atoms with E-state index in [1.54, 1.807) is 7.05 Å². The van der Waals surface area contributed by atoms with Crippen LogP contribution in [0.1, 0.15) is 12.8 Å². The zero-order chi connectivity index (χ0) is 17.3. The lowest BCUT2D eigenvalue weighted by Crippen LogP contribution is -2.42. The van der Waals surface area contributed by atoms with Gasteiger partial charge in [-0.1, -0.05) is 0 Å². The third-order valence-electron chi connectivity index (χ3n) is 3.55. The molecule has 0 aromatic carbocycles. The number of carboxylic acids is 1. The molecule has 10 nitrogen and oxygen atoms in total. The number of nitrogens with zero attached hydrogens (tertiary/aromatic N) is 4. The molecular formula is C13H18N4O6. The Labute approximate surface area is 129 Å². The van der Waals surface area contributed by atoms with Crippen molar-refractivity contribution in [2.45, 2.75) is 31.6 Å². The Kier molecular flexibility index (Phi) is 4.66. The van der Waals surface area contributed by atoms with Gasteiger partial charge < -0.3 is 19.9 Å². The van der Waals surface area contributed by atoms with Crippen molar-refractivity contribution in [1.29, 1.82) is 0 Å². The van der Waals surface area contributed by atoms with E-state index in [9.17, 15) is 24.6 Å². The monoisotopic (exact) mass is 326 g/mol. The van der Waals surface area contributed by atoms with Crippen LogP contribution in [0.15, 0.2) is 15.9 Å². The van der Waals surface area contributed by atoms with Gasteiger partial charge in [0.05, 0.1) is 31.5 Å². The van der Waals surface area contributed by atoms with Gasteiger partial charge in [0.25, 0.3) is 5.56 Å². The van der Waals surface area contributed by atoms with Crippen molar-refractivity contribution in [3.05, 3.63) is 27.2 Å². The Balaban J connectivity index is 2.33. The summed E-state index contributed by atoms with van der Waals surface area (Å²) in [6.07, 6.45) is -1.87. The molecule has 23 heavy (non-hydrogen) atoms. The Bertz CT molecular complexity index is 848. The number of hydrogen-bond acceptors (Lipinski definition) is 6. The van der Waals surface area contributed by atoms with Crippen molar-refractivity contribution in [1.82, 2.24) is 18.7 Å². The first-order chi connectivity index (χ1) is 10.7. The minimum atomic E-state index is -1.26. The van der Waals surface area contributed by atoms with Crippen LogP contribution in [0.3, 0.4) is 0 Å². The maximum Gasteiger partial charge on any atom is 0.332 e. The zero-order valence-corrected chi connectivity index (χ0v) is 12.7. The summed E-state index contributed by atoms with van der Waals surface area (Å²) in [4.78, 5) is 39.1. The molecule has 2 aromatic heterocycles.